The van der Waals surface area contributed by atoms with Crippen molar-refractivity contribution in [1.29, 1.82) is 5.26 Å². The van der Waals surface area contributed by atoms with Gasteiger partial charge >= 0.3 is 0 Å². The summed E-state index contributed by atoms with van der Waals surface area (Å²) in [6, 6.07) is 18.2. The van der Waals surface area contributed by atoms with Gasteiger partial charge in [-0.25, -0.2) is 0 Å². The molecule has 0 radical (unpaired) electrons. The Morgan fingerprint density at radius 2 is 1.76 bits per heavy atom. The molecule has 4 nitrogen and oxygen atoms in total. The van der Waals surface area contributed by atoms with E-state index >= 15 is 0 Å². The van der Waals surface area contributed by atoms with Crippen molar-refractivity contribution in [3.05, 3.63) is 82.7 Å². The van der Waals surface area contributed by atoms with Crippen molar-refractivity contribution in [2.75, 3.05) is 14.2 Å². The highest BCUT2D eigenvalue weighted by Crippen LogP contribution is 2.47. The molecule has 0 saturated heterocycles. The molecule has 4 heteroatoms. The number of rotatable bonds is 4. The molecule has 0 bridgehead atoms. The Bertz CT molecular complexity index is 1070. The third kappa shape index (κ3) is 3.18. The van der Waals surface area contributed by atoms with E-state index in [-0.39, 0.29) is 0 Å². The number of methoxy groups -OCH3 is 2. The monoisotopic (exact) mass is 384 g/mol. The van der Waals surface area contributed by atoms with Crippen molar-refractivity contribution < 1.29 is 9.47 Å². The van der Waals surface area contributed by atoms with Crippen LogP contribution >= 0.6 is 0 Å². The van der Waals surface area contributed by atoms with Gasteiger partial charge in [-0.2, -0.15) is 5.26 Å². The SMILES string of the molecule is COc1c(-c2ccc(C)cc2)cnc2c1CCCC2(OC)c1ccc(C#N)cc1. The lowest BCUT2D eigenvalue weighted by Gasteiger charge is -2.38. The molecular weight excluding hydrogens is 360 g/mol. The van der Waals surface area contributed by atoms with Gasteiger partial charge in [0.2, 0.25) is 0 Å². The van der Waals surface area contributed by atoms with Crippen LogP contribution in [0.15, 0.2) is 54.7 Å². The Hall–Kier alpha value is -3.16. The number of hydrogen-bond acceptors (Lipinski definition) is 4. The molecule has 1 unspecified atom stereocenters. The molecule has 0 aliphatic heterocycles. The van der Waals surface area contributed by atoms with Crippen LogP contribution in [-0.4, -0.2) is 19.2 Å². The average Bonchev–Trinajstić information content (AvgIpc) is 2.78. The highest BCUT2D eigenvalue weighted by molar-refractivity contribution is 5.72. The second-order valence-corrected chi connectivity index (χ2v) is 7.47. The zero-order valence-electron chi connectivity index (χ0n) is 17.0. The second kappa shape index (κ2) is 7.69. The van der Waals surface area contributed by atoms with Gasteiger partial charge in [-0.3, -0.25) is 4.98 Å². The smallest absolute Gasteiger partial charge is 0.135 e. The van der Waals surface area contributed by atoms with Gasteiger partial charge in [-0.05, 0) is 49.4 Å². The maximum absolute atomic E-state index is 9.13. The largest absolute Gasteiger partial charge is 0.496 e. The van der Waals surface area contributed by atoms with Crippen LogP contribution in [0.3, 0.4) is 0 Å². The Morgan fingerprint density at radius 1 is 1.03 bits per heavy atom. The van der Waals surface area contributed by atoms with Gasteiger partial charge < -0.3 is 9.47 Å². The predicted octanol–water partition coefficient (Wildman–Crippen LogP) is 5.16. The zero-order chi connectivity index (χ0) is 20.4. The first kappa shape index (κ1) is 19.2. The van der Waals surface area contributed by atoms with Gasteiger partial charge in [-0.1, -0.05) is 42.0 Å². The quantitative estimate of drug-likeness (QED) is 0.623. The van der Waals surface area contributed by atoms with Crippen molar-refractivity contribution >= 4 is 0 Å². The number of hydrogen-bond donors (Lipinski definition) is 0. The number of fused-ring (bicyclic) bond motifs is 1. The standard InChI is InChI=1S/C25H24N2O2/c1-17-6-10-19(11-7-17)22-16-27-24-21(23(22)28-2)5-4-14-25(24,29-3)20-12-8-18(15-26)9-13-20/h6-13,16H,4-5,14H2,1-3H3. The Morgan fingerprint density at radius 3 is 2.38 bits per heavy atom. The van der Waals surface area contributed by atoms with E-state index < -0.39 is 5.60 Å². The number of aromatic nitrogens is 1. The molecule has 2 aromatic carbocycles. The van der Waals surface area contributed by atoms with Crippen molar-refractivity contribution in [3.8, 4) is 22.9 Å². The molecule has 0 spiro atoms. The van der Waals surface area contributed by atoms with Crippen LogP contribution in [0.1, 0.15) is 40.8 Å². The first-order valence-corrected chi connectivity index (χ1v) is 9.82. The summed E-state index contributed by atoms with van der Waals surface area (Å²) >= 11 is 0. The van der Waals surface area contributed by atoms with Crippen LogP contribution < -0.4 is 4.74 Å². The van der Waals surface area contributed by atoms with E-state index in [1.165, 1.54) is 5.56 Å². The normalized spacial score (nSPS) is 18.0. The summed E-state index contributed by atoms with van der Waals surface area (Å²) in [6.45, 7) is 2.08. The molecule has 3 aromatic rings. The van der Waals surface area contributed by atoms with E-state index in [1.54, 1.807) is 14.2 Å². The molecule has 1 aliphatic carbocycles. The van der Waals surface area contributed by atoms with Crippen LogP contribution in [0.2, 0.25) is 0 Å². The number of nitrogens with zero attached hydrogens (tertiary/aromatic N) is 2. The Balaban J connectivity index is 1.89. The maximum atomic E-state index is 9.13. The van der Waals surface area contributed by atoms with E-state index in [0.29, 0.717) is 5.56 Å². The highest BCUT2D eigenvalue weighted by Gasteiger charge is 2.41. The molecule has 0 fully saturated rings. The fraction of sp³-hybridized carbons (Fsp3) is 0.280. The number of ether oxygens (including phenoxy) is 2. The second-order valence-electron chi connectivity index (χ2n) is 7.47. The van der Waals surface area contributed by atoms with Gasteiger partial charge in [0, 0.05) is 24.4 Å². The minimum absolute atomic E-state index is 0.635. The summed E-state index contributed by atoms with van der Waals surface area (Å²) in [6.07, 6.45) is 4.59. The van der Waals surface area contributed by atoms with E-state index in [0.717, 1.165) is 53.0 Å². The third-order valence-electron chi connectivity index (χ3n) is 5.86. The summed E-state index contributed by atoms with van der Waals surface area (Å²) in [4.78, 5) is 4.90. The van der Waals surface area contributed by atoms with Crippen LogP contribution in [0.4, 0.5) is 0 Å². The zero-order valence-corrected chi connectivity index (χ0v) is 17.0. The number of pyridine rings is 1. The molecule has 4 rings (SSSR count). The van der Waals surface area contributed by atoms with Crippen molar-refractivity contribution in [2.24, 2.45) is 0 Å². The Labute approximate surface area is 171 Å². The lowest BCUT2D eigenvalue weighted by atomic mass is 9.76. The topological polar surface area (TPSA) is 55.1 Å². The summed E-state index contributed by atoms with van der Waals surface area (Å²) in [5.74, 6) is 0.869. The van der Waals surface area contributed by atoms with Crippen molar-refractivity contribution in [3.63, 3.8) is 0 Å². The lowest BCUT2D eigenvalue weighted by molar-refractivity contribution is 0.00311. The van der Waals surface area contributed by atoms with Crippen LogP contribution in [-0.2, 0) is 16.8 Å². The molecule has 1 atom stereocenters. The van der Waals surface area contributed by atoms with Gasteiger partial charge in [0.15, 0.2) is 0 Å². The first-order valence-electron chi connectivity index (χ1n) is 9.82. The Kier molecular flexibility index (Phi) is 5.08. The number of benzene rings is 2. The van der Waals surface area contributed by atoms with E-state index in [2.05, 4.69) is 37.3 Å². The highest BCUT2D eigenvalue weighted by atomic mass is 16.5. The molecule has 146 valence electrons. The average molecular weight is 384 g/mol. The molecular formula is C25H24N2O2. The molecule has 0 saturated carbocycles. The van der Waals surface area contributed by atoms with Gasteiger partial charge in [0.1, 0.15) is 11.4 Å². The lowest BCUT2D eigenvalue weighted by Crippen LogP contribution is -2.35. The molecule has 1 aromatic heterocycles. The molecule has 0 amide bonds. The summed E-state index contributed by atoms with van der Waals surface area (Å²) in [5.41, 5.74) is 6.33. The number of aryl methyl sites for hydroxylation is 1. The van der Waals surface area contributed by atoms with Crippen molar-refractivity contribution in [2.45, 2.75) is 31.8 Å². The van der Waals surface area contributed by atoms with Crippen LogP contribution in [0.5, 0.6) is 5.75 Å². The fourth-order valence-electron chi connectivity index (χ4n) is 4.33. The van der Waals surface area contributed by atoms with Gasteiger partial charge in [0.05, 0.1) is 24.4 Å². The number of nitriles is 1. The molecule has 1 heterocycles. The van der Waals surface area contributed by atoms with Gasteiger partial charge in [-0.15, -0.1) is 0 Å². The summed E-state index contributed by atoms with van der Waals surface area (Å²) in [5, 5.41) is 9.13. The minimum atomic E-state index is -0.638. The summed E-state index contributed by atoms with van der Waals surface area (Å²) in [7, 11) is 3.45. The maximum Gasteiger partial charge on any atom is 0.135 e. The van der Waals surface area contributed by atoms with E-state index in [9.17, 15) is 0 Å². The molecule has 1 aliphatic rings. The van der Waals surface area contributed by atoms with Gasteiger partial charge in [0.25, 0.3) is 0 Å². The van der Waals surface area contributed by atoms with Crippen LogP contribution in [0.25, 0.3) is 11.1 Å². The minimum Gasteiger partial charge on any atom is -0.496 e. The molecule has 0 N–H and O–H groups in total. The first-order chi connectivity index (χ1) is 14.1. The van der Waals surface area contributed by atoms with E-state index in [4.69, 9.17) is 19.7 Å². The summed E-state index contributed by atoms with van der Waals surface area (Å²) < 4.78 is 12.0. The fourth-order valence-corrected chi connectivity index (χ4v) is 4.33. The van der Waals surface area contributed by atoms with Crippen molar-refractivity contribution in [1.82, 2.24) is 4.98 Å². The third-order valence-corrected chi connectivity index (χ3v) is 5.86. The molecule has 29 heavy (non-hydrogen) atoms. The predicted molar refractivity (Wildman–Crippen MR) is 113 cm³/mol. The van der Waals surface area contributed by atoms with Crippen LogP contribution in [0, 0.1) is 18.3 Å². The van der Waals surface area contributed by atoms with E-state index in [1.807, 2.05) is 30.5 Å².